The Bertz CT molecular complexity index is 720. The third-order valence-corrected chi connectivity index (χ3v) is 2.84. The normalized spacial score (nSPS) is 11.2. The van der Waals surface area contributed by atoms with Gasteiger partial charge in [-0.3, -0.25) is 4.79 Å². The zero-order chi connectivity index (χ0) is 14.7. The number of hydrogen-bond donors (Lipinski definition) is 1. The van der Waals surface area contributed by atoms with Gasteiger partial charge in [0, 0.05) is 31.2 Å². The molecular weight excluding hydrogens is 254 g/mol. The molecule has 1 heterocycles. The van der Waals surface area contributed by atoms with Crippen molar-refractivity contribution in [3.63, 3.8) is 0 Å². The Labute approximate surface area is 117 Å². The Balaban J connectivity index is 2.49. The lowest BCUT2D eigenvalue weighted by atomic mass is 10.1. The van der Waals surface area contributed by atoms with E-state index in [2.05, 4.69) is 4.98 Å². The second-order valence-electron chi connectivity index (χ2n) is 4.55. The molecule has 0 atom stereocenters. The van der Waals surface area contributed by atoms with Crippen molar-refractivity contribution in [3.8, 4) is 11.8 Å². The number of ether oxygens (including phenoxy) is 1. The molecule has 0 saturated carbocycles. The molecular formula is C15H15N3O2. The van der Waals surface area contributed by atoms with Gasteiger partial charge in [0.1, 0.15) is 17.4 Å². The van der Waals surface area contributed by atoms with Gasteiger partial charge in [0.25, 0.3) is 0 Å². The maximum absolute atomic E-state index is 12.3. The van der Waals surface area contributed by atoms with Gasteiger partial charge < -0.3 is 14.6 Å². The topological polar surface area (TPSA) is 69.1 Å². The number of benzene rings is 1. The molecule has 0 unspecified atom stereocenters. The number of nitriles is 1. The summed E-state index contributed by atoms with van der Waals surface area (Å²) in [7, 11) is 5.10. The average Bonchev–Trinajstić information content (AvgIpc) is 2.87. The number of hydrogen-bond acceptors (Lipinski definition) is 4. The standard InChI is InChI=1S/C15H15N3O2/c1-18(2)9-10(8-16)15(19)13-7-11-12(17-13)5-4-6-14(11)20-3/h4-7,9,17H,1-3H3/b10-9-. The van der Waals surface area contributed by atoms with Gasteiger partial charge in [-0.1, -0.05) is 6.07 Å². The van der Waals surface area contributed by atoms with Crippen molar-refractivity contribution >= 4 is 16.7 Å². The number of ketones is 1. The second kappa shape index (κ2) is 5.49. The Morgan fingerprint density at radius 3 is 2.80 bits per heavy atom. The van der Waals surface area contributed by atoms with E-state index in [9.17, 15) is 4.79 Å². The molecule has 20 heavy (non-hydrogen) atoms. The molecule has 0 aliphatic heterocycles. The van der Waals surface area contributed by atoms with Crippen LogP contribution in [0.1, 0.15) is 10.5 Å². The second-order valence-corrected chi connectivity index (χ2v) is 4.55. The lowest BCUT2D eigenvalue weighted by molar-refractivity contribution is 0.103. The van der Waals surface area contributed by atoms with Crippen molar-refractivity contribution in [2.75, 3.05) is 21.2 Å². The lowest BCUT2D eigenvalue weighted by Crippen LogP contribution is -2.09. The lowest BCUT2D eigenvalue weighted by Gasteiger charge is -2.04. The minimum absolute atomic E-state index is 0.0838. The van der Waals surface area contributed by atoms with Crippen LogP contribution in [0.15, 0.2) is 36.0 Å². The van der Waals surface area contributed by atoms with Gasteiger partial charge in [0.2, 0.25) is 5.78 Å². The van der Waals surface area contributed by atoms with Crippen LogP contribution >= 0.6 is 0 Å². The largest absolute Gasteiger partial charge is 0.496 e. The van der Waals surface area contributed by atoms with Crippen LogP contribution in [0.3, 0.4) is 0 Å². The highest BCUT2D eigenvalue weighted by atomic mass is 16.5. The summed E-state index contributed by atoms with van der Waals surface area (Å²) in [5.41, 5.74) is 1.26. The van der Waals surface area contributed by atoms with Gasteiger partial charge in [0.05, 0.1) is 12.8 Å². The summed E-state index contributed by atoms with van der Waals surface area (Å²) in [5.74, 6) is 0.354. The van der Waals surface area contributed by atoms with Crippen LogP contribution in [0, 0.1) is 11.3 Å². The number of nitrogens with zero attached hydrogens (tertiary/aromatic N) is 2. The maximum atomic E-state index is 12.3. The average molecular weight is 269 g/mol. The summed E-state index contributed by atoms with van der Waals surface area (Å²) >= 11 is 0. The van der Waals surface area contributed by atoms with E-state index in [1.165, 1.54) is 6.20 Å². The Morgan fingerprint density at radius 2 is 2.20 bits per heavy atom. The van der Waals surface area contributed by atoms with E-state index in [0.29, 0.717) is 11.4 Å². The molecule has 1 aromatic heterocycles. The van der Waals surface area contributed by atoms with Crippen LogP contribution in [0.2, 0.25) is 0 Å². The summed E-state index contributed by atoms with van der Waals surface area (Å²) in [6.07, 6.45) is 1.51. The third-order valence-electron chi connectivity index (χ3n) is 2.84. The van der Waals surface area contributed by atoms with E-state index in [1.807, 2.05) is 24.3 Å². The first-order valence-corrected chi connectivity index (χ1v) is 6.05. The van der Waals surface area contributed by atoms with Crippen molar-refractivity contribution < 1.29 is 9.53 Å². The van der Waals surface area contributed by atoms with E-state index >= 15 is 0 Å². The predicted octanol–water partition coefficient (Wildman–Crippen LogP) is 2.33. The van der Waals surface area contributed by atoms with Gasteiger partial charge in [-0.2, -0.15) is 5.26 Å². The molecule has 1 aromatic carbocycles. The van der Waals surface area contributed by atoms with E-state index in [4.69, 9.17) is 10.00 Å². The minimum atomic E-state index is -0.334. The summed E-state index contributed by atoms with van der Waals surface area (Å²) in [6, 6.07) is 9.15. The number of nitrogens with one attached hydrogen (secondary N) is 1. The zero-order valence-electron chi connectivity index (χ0n) is 11.6. The number of Topliss-reactive ketones (excluding diaryl/α,β-unsaturated/α-hetero) is 1. The Kier molecular flexibility index (Phi) is 3.76. The highest BCUT2D eigenvalue weighted by Gasteiger charge is 2.16. The molecule has 0 spiro atoms. The number of carbonyl (C=O) groups excluding carboxylic acids is 1. The van der Waals surface area contributed by atoms with Crippen molar-refractivity contribution in [2.45, 2.75) is 0 Å². The van der Waals surface area contributed by atoms with Gasteiger partial charge in [-0.15, -0.1) is 0 Å². The molecule has 102 valence electrons. The fraction of sp³-hybridized carbons (Fsp3) is 0.200. The van der Waals surface area contributed by atoms with Crippen LogP contribution in [0.4, 0.5) is 0 Å². The van der Waals surface area contributed by atoms with Crippen LogP contribution in [0.5, 0.6) is 5.75 Å². The number of carbonyl (C=O) groups is 1. The molecule has 0 amide bonds. The highest BCUT2D eigenvalue weighted by molar-refractivity contribution is 6.12. The monoisotopic (exact) mass is 269 g/mol. The van der Waals surface area contributed by atoms with Gasteiger partial charge in [0.15, 0.2) is 0 Å². The third kappa shape index (κ3) is 2.50. The first-order chi connectivity index (χ1) is 9.56. The van der Waals surface area contributed by atoms with E-state index in [0.717, 1.165) is 10.9 Å². The molecule has 2 aromatic rings. The van der Waals surface area contributed by atoms with Crippen LogP contribution in [-0.4, -0.2) is 36.9 Å². The first kappa shape index (κ1) is 13.7. The summed E-state index contributed by atoms with van der Waals surface area (Å²) in [6.45, 7) is 0. The molecule has 0 aliphatic carbocycles. The van der Waals surface area contributed by atoms with E-state index in [-0.39, 0.29) is 11.4 Å². The summed E-state index contributed by atoms with van der Waals surface area (Å²) in [4.78, 5) is 17.0. The molecule has 1 N–H and O–H groups in total. The number of aromatic amines is 1. The molecule has 5 heteroatoms. The number of allylic oxidation sites excluding steroid dienone is 1. The Morgan fingerprint density at radius 1 is 1.45 bits per heavy atom. The quantitative estimate of drug-likeness (QED) is 0.525. The fourth-order valence-electron chi connectivity index (χ4n) is 1.97. The zero-order valence-corrected chi connectivity index (χ0v) is 11.6. The van der Waals surface area contributed by atoms with Gasteiger partial charge in [-0.05, 0) is 18.2 Å². The van der Waals surface area contributed by atoms with Crippen molar-refractivity contribution in [1.82, 2.24) is 9.88 Å². The minimum Gasteiger partial charge on any atom is -0.496 e. The van der Waals surface area contributed by atoms with E-state index in [1.54, 1.807) is 32.2 Å². The summed E-state index contributed by atoms with van der Waals surface area (Å²) < 4.78 is 5.25. The van der Waals surface area contributed by atoms with Crippen molar-refractivity contribution in [1.29, 1.82) is 5.26 Å². The summed E-state index contributed by atoms with van der Waals surface area (Å²) in [5, 5.41) is 9.90. The first-order valence-electron chi connectivity index (χ1n) is 6.05. The van der Waals surface area contributed by atoms with Gasteiger partial charge >= 0.3 is 0 Å². The number of fused-ring (bicyclic) bond motifs is 1. The number of aromatic nitrogens is 1. The Hall–Kier alpha value is -2.74. The van der Waals surface area contributed by atoms with Crippen molar-refractivity contribution in [3.05, 3.63) is 41.7 Å². The number of methoxy groups -OCH3 is 1. The molecule has 0 radical (unpaired) electrons. The van der Waals surface area contributed by atoms with Crippen LogP contribution < -0.4 is 4.74 Å². The molecule has 0 aliphatic rings. The fourth-order valence-corrected chi connectivity index (χ4v) is 1.97. The molecule has 0 saturated heterocycles. The van der Waals surface area contributed by atoms with E-state index < -0.39 is 0 Å². The van der Waals surface area contributed by atoms with Gasteiger partial charge in [-0.25, -0.2) is 0 Å². The maximum Gasteiger partial charge on any atom is 0.221 e. The molecule has 2 rings (SSSR count). The molecule has 5 nitrogen and oxygen atoms in total. The predicted molar refractivity (Wildman–Crippen MR) is 76.6 cm³/mol. The van der Waals surface area contributed by atoms with Crippen LogP contribution in [0.25, 0.3) is 10.9 Å². The number of H-pyrrole nitrogens is 1. The number of rotatable bonds is 4. The SMILES string of the molecule is COc1cccc2[nH]c(C(=O)/C(C#N)=C\N(C)C)cc12. The smallest absolute Gasteiger partial charge is 0.221 e. The molecule has 0 fully saturated rings. The van der Waals surface area contributed by atoms with Crippen LogP contribution in [-0.2, 0) is 0 Å². The van der Waals surface area contributed by atoms with Crippen molar-refractivity contribution in [2.24, 2.45) is 0 Å². The highest BCUT2D eigenvalue weighted by Crippen LogP contribution is 2.26. The molecule has 0 bridgehead atoms.